The Hall–Kier alpha value is -1.91. The van der Waals surface area contributed by atoms with Gasteiger partial charge in [0, 0.05) is 12.4 Å². The van der Waals surface area contributed by atoms with Gasteiger partial charge in [0.05, 0.1) is 6.42 Å². The monoisotopic (exact) mass is 236 g/mol. The van der Waals surface area contributed by atoms with E-state index in [1.165, 1.54) is 0 Å². The van der Waals surface area contributed by atoms with E-state index < -0.39 is 12.0 Å². The molecule has 1 atom stereocenters. The highest BCUT2D eigenvalue weighted by atomic mass is 16.4. The maximum absolute atomic E-state index is 11.6. The van der Waals surface area contributed by atoms with Crippen molar-refractivity contribution in [3.63, 3.8) is 0 Å². The molecule has 0 radical (unpaired) electrons. The maximum atomic E-state index is 11.6. The first-order valence-corrected chi connectivity index (χ1v) is 5.54. The average Bonchev–Trinajstić information content (AvgIpc) is 2.29. The van der Waals surface area contributed by atoms with Gasteiger partial charge in [-0.15, -0.1) is 0 Å². The van der Waals surface area contributed by atoms with Gasteiger partial charge in [0.25, 0.3) is 0 Å². The van der Waals surface area contributed by atoms with Gasteiger partial charge >= 0.3 is 5.97 Å². The summed E-state index contributed by atoms with van der Waals surface area (Å²) in [4.78, 5) is 26.3. The second kappa shape index (κ2) is 6.62. The van der Waals surface area contributed by atoms with E-state index in [9.17, 15) is 9.59 Å². The van der Waals surface area contributed by atoms with Crippen molar-refractivity contribution >= 4 is 11.9 Å². The molecule has 1 heterocycles. The van der Waals surface area contributed by atoms with E-state index in [1.807, 2.05) is 6.92 Å². The van der Waals surface area contributed by atoms with Gasteiger partial charge in [0.2, 0.25) is 5.91 Å². The Morgan fingerprint density at radius 3 is 2.59 bits per heavy atom. The summed E-state index contributed by atoms with van der Waals surface area (Å²) in [5.74, 6) is -1.27. The van der Waals surface area contributed by atoms with E-state index in [-0.39, 0.29) is 12.3 Å². The van der Waals surface area contributed by atoms with Crippen LogP contribution in [0.2, 0.25) is 0 Å². The summed E-state index contributed by atoms with van der Waals surface area (Å²) in [6, 6.07) is 2.67. The molecule has 1 amide bonds. The highest BCUT2D eigenvalue weighted by Gasteiger charge is 2.18. The lowest BCUT2D eigenvalue weighted by Gasteiger charge is -2.13. The van der Waals surface area contributed by atoms with Crippen LogP contribution in [0, 0.1) is 0 Å². The van der Waals surface area contributed by atoms with Gasteiger partial charge in [-0.1, -0.05) is 13.3 Å². The minimum Gasteiger partial charge on any atom is -0.480 e. The smallest absolute Gasteiger partial charge is 0.326 e. The van der Waals surface area contributed by atoms with Gasteiger partial charge in [0.15, 0.2) is 0 Å². The SMILES string of the molecule is CCCC(NC(=O)Cc1ccncc1)C(=O)O. The first kappa shape index (κ1) is 13.2. The molecule has 1 unspecified atom stereocenters. The van der Waals surface area contributed by atoms with Crippen molar-refractivity contribution in [2.75, 3.05) is 0 Å². The molecular weight excluding hydrogens is 220 g/mol. The van der Waals surface area contributed by atoms with Crippen LogP contribution in [0.5, 0.6) is 0 Å². The molecule has 0 aromatic carbocycles. The minimum absolute atomic E-state index is 0.177. The van der Waals surface area contributed by atoms with Gasteiger partial charge in [-0.2, -0.15) is 0 Å². The van der Waals surface area contributed by atoms with Crippen LogP contribution < -0.4 is 5.32 Å². The Kier molecular flexibility index (Phi) is 5.13. The summed E-state index contributed by atoms with van der Waals surface area (Å²) in [5, 5.41) is 11.4. The van der Waals surface area contributed by atoms with Crippen LogP contribution in [-0.4, -0.2) is 28.0 Å². The molecule has 0 spiro atoms. The van der Waals surface area contributed by atoms with Gasteiger partial charge in [-0.05, 0) is 24.1 Å². The number of pyridine rings is 1. The molecule has 5 nitrogen and oxygen atoms in total. The number of carbonyl (C=O) groups is 2. The van der Waals surface area contributed by atoms with E-state index in [4.69, 9.17) is 5.11 Å². The number of aromatic nitrogens is 1. The van der Waals surface area contributed by atoms with Crippen LogP contribution >= 0.6 is 0 Å². The Bertz CT molecular complexity index is 379. The fourth-order valence-corrected chi connectivity index (χ4v) is 1.48. The van der Waals surface area contributed by atoms with E-state index >= 15 is 0 Å². The summed E-state index contributed by atoms with van der Waals surface area (Å²) in [7, 11) is 0. The lowest BCUT2D eigenvalue weighted by Crippen LogP contribution is -2.41. The molecule has 0 saturated heterocycles. The zero-order chi connectivity index (χ0) is 12.7. The molecule has 5 heteroatoms. The molecule has 0 aliphatic carbocycles. The quantitative estimate of drug-likeness (QED) is 0.772. The van der Waals surface area contributed by atoms with Crippen molar-refractivity contribution in [1.82, 2.24) is 10.3 Å². The van der Waals surface area contributed by atoms with Gasteiger partial charge in [0.1, 0.15) is 6.04 Å². The number of hydrogen-bond donors (Lipinski definition) is 2. The second-order valence-corrected chi connectivity index (χ2v) is 3.78. The lowest BCUT2D eigenvalue weighted by atomic mass is 10.1. The predicted molar refractivity (Wildman–Crippen MR) is 62.4 cm³/mol. The van der Waals surface area contributed by atoms with Crippen molar-refractivity contribution in [2.45, 2.75) is 32.2 Å². The number of carboxylic acids is 1. The van der Waals surface area contributed by atoms with Gasteiger partial charge in [-0.25, -0.2) is 4.79 Å². The largest absolute Gasteiger partial charge is 0.480 e. The second-order valence-electron chi connectivity index (χ2n) is 3.78. The predicted octanol–water partition coefficient (Wildman–Crippen LogP) is 0.994. The van der Waals surface area contributed by atoms with Crippen LogP contribution in [0.4, 0.5) is 0 Å². The van der Waals surface area contributed by atoms with Crippen molar-refractivity contribution in [1.29, 1.82) is 0 Å². The number of amides is 1. The zero-order valence-corrected chi connectivity index (χ0v) is 9.72. The van der Waals surface area contributed by atoms with Crippen LogP contribution in [0.3, 0.4) is 0 Å². The number of nitrogens with zero attached hydrogens (tertiary/aromatic N) is 1. The fraction of sp³-hybridized carbons (Fsp3) is 0.417. The van der Waals surface area contributed by atoms with E-state index in [1.54, 1.807) is 24.5 Å². The highest BCUT2D eigenvalue weighted by molar-refractivity contribution is 5.84. The third-order valence-electron chi connectivity index (χ3n) is 2.32. The molecule has 0 aliphatic rings. The van der Waals surface area contributed by atoms with Crippen molar-refractivity contribution in [2.24, 2.45) is 0 Å². The summed E-state index contributed by atoms with van der Waals surface area (Å²) < 4.78 is 0. The summed E-state index contributed by atoms with van der Waals surface area (Å²) in [6.07, 6.45) is 4.53. The van der Waals surface area contributed by atoms with E-state index in [2.05, 4.69) is 10.3 Å². The van der Waals surface area contributed by atoms with Crippen molar-refractivity contribution < 1.29 is 14.7 Å². The fourth-order valence-electron chi connectivity index (χ4n) is 1.48. The van der Waals surface area contributed by atoms with Crippen molar-refractivity contribution in [3.05, 3.63) is 30.1 Å². The third-order valence-corrected chi connectivity index (χ3v) is 2.32. The summed E-state index contributed by atoms with van der Waals surface area (Å²) in [6.45, 7) is 1.88. The first-order valence-electron chi connectivity index (χ1n) is 5.54. The molecule has 1 aromatic heterocycles. The number of aliphatic carboxylic acids is 1. The molecule has 1 rings (SSSR count). The zero-order valence-electron chi connectivity index (χ0n) is 9.72. The lowest BCUT2D eigenvalue weighted by molar-refractivity contribution is -0.141. The van der Waals surface area contributed by atoms with Gasteiger partial charge in [-0.3, -0.25) is 9.78 Å². The number of carbonyl (C=O) groups excluding carboxylic acids is 1. The molecule has 92 valence electrons. The Morgan fingerprint density at radius 2 is 2.06 bits per heavy atom. The normalized spacial score (nSPS) is 11.8. The average molecular weight is 236 g/mol. The van der Waals surface area contributed by atoms with E-state index in [0.29, 0.717) is 12.8 Å². The molecule has 0 saturated carbocycles. The number of hydrogen-bond acceptors (Lipinski definition) is 3. The standard InChI is InChI=1S/C12H16N2O3/c1-2-3-10(12(16)17)14-11(15)8-9-4-6-13-7-5-9/h4-7,10H,2-3,8H2,1H3,(H,14,15)(H,16,17). The minimum atomic E-state index is -0.991. The Balaban J connectivity index is 2.51. The molecule has 1 aromatic rings. The van der Waals surface area contributed by atoms with Gasteiger partial charge < -0.3 is 10.4 Å². The first-order chi connectivity index (χ1) is 8.13. The summed E-state index contributed by atoms with van der Waals surface area (Å²) >= 11 is 0. The Labute approximate surface area is 99.9 Å². The van der Waals surface area contributed by atoms with Crippen molar-refractivity contribution in [3.8, 4) is 0 Å². The number of carboxylic acid groups (broad SMARTS) is 1. The van der Waals surface area contributed by atoms with Crippen LogP contribution in [0.1, 0.15) is 25.3 Å². The third kappa shape index (κ3) is 4.63. The molecule has 0 bridgehead atoms. The number of rotatable bonds is 6. The maximum Gasteiger partial charge on any atom is 0.326 e. The van der Waals surface area contributed by atoms with Crippen LogP contribution in [-0.2, 0) is 16.0 Å². The molecule has 0 aliphatic heterocycles. The highest BCUT2D eigenvalue weighted by Crippen LogP contribution is 2.00. The molecule has 2 N–H and O–H groups in total. The van der Waals surface area contributed by atoms with Crippen LogP contribution in [0.15, 0.2) is 24.5 Å². The van der Waals surface area contributed by atoms with E-state index in [0.717, 1.165) is 5.56 Å². The summed E-state index contributed by atoms with van der Waals surface area (Å²) in [5.41, 5.74) is 0.818. The molecular formula is C12H16N2O3. The molecule has 17 heavy (non-hydrogen) atoms. The Morgan fingerprint density at radius 1 is 1.41 bits per heavy atom. The topological polar surface area (TPSA) is 79.3 Å². The molecule has 0 fully saturated rings. The van der Waals surface area contributed by atoms with Crippen LogP contribution in [0.25, 0.3) is 0 Å². The number of nitrogens with one attached hydrogen (secondary N) is 1.